The van der Waals surface area contributed by atoms with E-state index >= 15 is 0 Å². The average molecular weight is 380 g/mol. The van der Waals surface area contributed by atoms with Crippen molar-refractivity contribution in [2.24, 2.45) is 0 Å². The van der Waals surface area contributed by atoms with Crippen molar-refractivity contribution >= 4 is 22.8 Å². The molecule has 1 aromatic carbocycles. The van der Waals surface area contributed by atoms with Gasteiger partial charge in [0.2, 0.25) is 5.88 Å². The second kappa shape index (κ2) is 7.30. The lowest BCUT2D eigenvalue weighted by Gasteiger charge is -2.14. The minimum atomic E-state index is -0.254. The van der Waals surface area contributed by atoms with Crippen LogP contribution in [0.1, 0.15) is 32.4 Å². The van der Waals surface area contributed by atoms with Crippen LogP contribution in [0.25, 0.3) is 11.2 Å². The first-order chi connectivity index (χ1) is 13.5. The van der Waals surface area contributed by atoms with Gasteiger partial charge in [-0.2, -0.15) is 5.10 Å². The van der Waals surface area contributed by atoms with Gasteiger partial charge in [0, 0.05) is 6.07 Å². The van der Waals surface area contributed by atoms with Gasteiger partial charge in [0.05, 0.1) is 18.5 Å². The van der Waals surface area contributed by atoms with Crippen molar-refractivity contribution < 1.29 is 9.13 Å². The molecule has 4 aromatic rings. The van der Waals surface area contributed by atoms with Crippen LogP contribution in [-0.2, 0) is 0 Å². The van der Waals surface area contributed by atoms with Gasteiger partial charge in [0.1, 0.15) is 17.2 Å². The Balaban J connectivity index is 1.60. The number of hydrogen-bond acceptors (Lipinski definition) is 5. The Morgan fingerprint density at radius 3 is 2.61 bits per heavy atom. The molecule has 0 aliphatic heterocycles. The molecule has 1 atom stereocenters. The zero-order valence-corrected chi connectivity index (χ0v) is 15.8. The number of fused-ring (bicyclic) bond motifs is 1. The lowest BCUT2D eigenvalue weighted by molar-refractivity contribution is 0.232. The van der Waals surface area contributed by atoms with Crippen molar-refractivity contribution in [2.75, 3.05) is 5.32 Å². The summed E-state index contributed by atoms with van der Waals surface area (Å²) in [6.07, 6.45) is 1.81. The number of nitrogens with zero attached hydrogens (tertiary/aromatic N) is 4. The predicted molar refractivity (Wildman–Crippen MR) is 105 cm³/mol. The lowest BCUT2D eigenvalue weighted by Crippen LogP contribution is -2.07. The van der Waals surface area contributed by atoms with E-state index in [9.17, 15) is 4.39 Å². The maximum Gasteiger partial charge on any atom is 0.211 e. The molecule has 0 fully saturated rings. The molecule has 144 valence electrons. The highest BCUT2D eigenvalue weighted by atomic mass is 19.1. The van der Waals surface area contributed by atoms with E-state index < -0.39 is 0 Å². The topological polar surface area (TPSA) is 80.7 Å². The largest absolute Gasteiger partial charge is 0.475 e. The number of benzene rings is 1. The van der Waals surface area contributed by atoms with Gasteiger partial charge in [0.15, 0.2) is 11.5 Å². The van der Waals surface area contributed by atoms with Crippen LogP contribution in [0, 0.1) is 5.82 Å². The number of anilines is 2. The maximum absolute atomic E-state index is 13.2. The minimum Gasteiger partial charge on any atom is -0.475 e. The first-order valence-corrected chi connectivity index (χ1v) is 9.08. The van der Waals surface area contributed by atoms with Crippen LogP contribution in [0.2, 0.25) is 0 Å². The van der Waals surface area contributed by atoms with Crippen molar-refractivity contribution in [1.29, 1.82) is 0 Å². The van der Waals surface area contributed by atoms with E-state index in [1.54, 1.807) is 24.5 Å². The number of aromatic amines is 1. The summed E-state index contributed by atoms with van der Waals surface area (Å²) in [5.41, 5.74) is 2.49. The molecule has 0 radical (unpaired) electrons. The van der Waals surface area contributed by atoms with Crippen molar-refractivity contribution in [3.63, 3.8) is 0 Å². The monoisotopic (exact) mass is 380 g/mol. The van der Waals surface area contributed by atoms with Crippen molar-refractivity contribution in [1.82, 2.24) is 24.7 Å². The second-order valence-corrected chi connectivity index (χ2v) is 6.83. The Morgan fingerprint density at radius 1 is 1.07 bits per heavy atom. The number of ether oxygens (including phenoxy) is 1. The molecule has 0 bridgehead atoms. The molecule has 0 aliphatic carbocycles. The van der Waals surface area contributed by atoms with Crippen molar-refractivity contribution in [2.45, 2.75) is 32.9 Å². The first-order valence-electron chi connectivity index (χ1n) is 9.08. The number of nitrogens with one attached hydrogen (secondary N) is 2. The molecule has 2 N–H and O–H groups in total. The molecule has 0 saturated heterocycles. The fourth-order valence-electron chi connectivity index (χ4n) is 2.98. The summed E-state index contributed by atoms with van der Waals surface area (Å²) in [5.74, 6) is 1.59. The van der Waals surface area contributed by atoms with Crippen LogP contribution in [0.3, 0.4) is 0 Å². The molecule has 0 spiro atoms. The number of imidazole rings is 1. The molecule has 0 aliphatic rings. The molecule has 8 heteroatoms. The van der Waals surface area contributed by atoms with Crippen molar-refractivity contribution in [3.8, 4) is 5.88 Å². The number of rotatable bonds is 6. The molecule has 4 rings (SSSR count). The van der Waals surface area contributed by atoms with Gasteiger partial charge in [-0.25, -0.2) is 19.5 Å². The van der Waals surface area contributed by atoms with Gasteiger partial charge < -0.3 is 14.6 Å². The molecule has 3 aromatic heterocycles. The molecule has 3 heterocycles. The third-order valence-corrected chi connectivity index (χ3v) is 4.36. The van der Waals surface area contributed by atoms with Gasteiger partial charge in [-0.1, -0.05) is 12.1 Å². The highest BCUT2D eigenvalue weighted by Gasteiger charge is 2.14. The van der Waals surface area contributed by atoms with Crippen LogP contribution in [-0.4, -0.2) is 30.8 Å². The van der Waals surface area contributed by atoms with E-state index in [2.05, 4.69) is 25.5 Å². The molecular weight excluding hydrogens is 359 g/mol. The second-order valence-electron chi connectivity index (χ2n) is 6.83. The molecule has 0 saturated carbocycles. The summed E-state index contributed by atoms with van der Waals surface area (Å²) in [6.45, 7) is 5.93. The quantitative estimate of drug-likeness (QED) is 0.517. The van der Waals surface area contributed by atoms with E-state index in [4.69, 9.17) is 4.74 Å². The summed E-state index contributed by atoms with van der Waals surface area (Å²) >= 11 is 0. The summed E-state index contributed by atoms with van der Waals surface area (Å²) < 4.78 is 20.8. The Kier molecular flexibility index (Phi) is 4.68. The highest BCUT2D eigenvalue weighted by Crippen LogP contribution is 2.25. The third kappa shape index (κ3) is 3.66. The molecule has 28 heavy (non-hydrogen) atoms. The van der Waals surface area contributed by atoms with Gasteiger partial charge in [-0.05, 0) is 50.6 Å². The standard InChI is InChI=1S/C20H21FN6O/c1-12(2)28-19-10-18(25-26-19)23-17-9-8-16-20(24-17)27(11-22-16)13(3)14-4-6-15(21)7-5-14/h4-13H,1-3H3,(H2,23,24,25,26)/t13-/m0/s1. The van der Waals surface area contributed by atoms with Crippen LogP contribution < -0.4 is 10.1 Å². The first kappa shape index (κ1) is 18.0. The maximum atomic E-state index is 13.2. The number of H-pyrrole nitrogens is 1. The number of pyridine rings is 1. The minimum absolute atomic E-state index is 0.0372. The fraction of sp³-hybridized carbons (Fsp3) is 0.250. The normalized spacial score (nSPS) is 12.5. The summed E-state index contributed by atoms with van der Waals surface area (Å²) in [4.78, 5) is 9.11. The Morgan fingerprint density at radius 2 is 1.86 bits per heavy atom. The summed E-state index contributed by atoms with van der Waals surface area (Å²) in [5, 5.41) is 10.2. The Labute approximate surface area is 161 Å². The van der Waals surface area contributed by atoms with Gasteiger partial charge in [-0.3, -0.25) is 0 Å². The third-order valence-electron chi connectivity index (χ3n) is 4.36. The molecule has 7 nitrogen and oxygen atoms in total. The number of aromatic nitrogens is 5. The van der Waals surface area contributed by atoms with Crippen LogP contribution >= 0.6 is 0 Å². The van der Waals surface area contributed by atoms with Crippen LogP contribution in [0.4, 0.5) is 16.0 Å². The number of hydrogen-bond donors (Lipinski definition) is 2. The van der Waals surface area contributed by atoms with Gasteiger partial charge in [-0.15, -0.1) is 0 Å². The Hall–Kier alpha value is -3.42. The molecule has 0 amide bonds. The van der Waals surface area contributed by atoms with E-state index in [0.29, 0.717) is 17.5 Å². The highest BCUT2D eigenvalue weighted by molar-refractivity contribution is 5.74. The SMILES string of the molecule is CC(C)Oc1cc(Nc2ccc3ncn([C@@H](C)c4ccc(F)cc4)c3n2)n[nH]1. The zero-order chi connectivity index (χ0) is 19.7. The zero-order valence-electron chi connectivity index (χ0n) is 15.8. The predicted octanol–water partition coefficient (Wildman–Crippen LogP) is 4.43. The van der Waals surface area contributed by atoms with E-state index in [1.807, 2.05) is 37.5 Å². The average Bonchev–Trinajstić information content (AvgIpc) is 3.28. The summed E-state index contributed by atoms with van der Waals surface area (Å²) in [7, 11) is 0. The summed E-state index contributed by atoms with van der Waals surface area (Å²) in [6, 6.07) is 12.0. The smallest absolute Gasteiger partial charge is 0.211 e. The van der Waals surface area contributed by atoms with Gasteiger partial charge in [0.25, 0.3) is 0 Å². The van der Waals surface area contributed by atoms with E-state index in [0.717, 1.165) is 16.7 Å². The Bertz CT molecular complexity index is 1090. The molecule has 0 unspecified atom stereocenters. The van der Waals surface area contributed by atoms with Gasteiger partial charge >= 0.3 is 0 Å². The lowest BCUT2D eigenvalue weighted by atomic mass is 10.1. The van der Waals surface area contributed by atoms with E-state index in [-0.39, 0.29) is 18.0 Å². The van der Waals surface area contributed by atoms with Crippen LogP contribution in [0.5, 0.6) is 5.88 Å². The number of halogens is 1. The van der Waals surface area contributed by atoms with Crippen molar-refractivity contribution in [3.05, 3.63) is 60.2 Å². The van der Waals surface area contributed by atoms with Crippen LogP contribution in [0.15, 0.2) is 48.8 Å². The fourth-order valence-corrected chi connectivity index (χ4v) is 2.98. The molecular formula is C20H21FN6O. The van der Waals surface area contributed by atoms with E-state index in [1.165, 1.54) is 12.1 Å².